The highest BCUT2D eigenvalue weighted by Gasteiger charge is 2.55. The summed E-state index contributed by atoms with van der Waals surface area (Å²) in [6.45, 7) is 4.89. The molecule has 0 aliphatic carbocycles. The third-order valence-electron chi connectivity index (χ3n) is 8.53. The summed E-state index contributed by atoms with van der Waals surface area (Å²) >= 11 is 0. The zero-order valence-corrected chi connectivity index (χ0v) is 22.1. The molecule has 0 unspecified atom stereocenters. The van der Waals surface area contributed by atoms with Crippen molar-refractivity contribution < 1.29 is 19.1 Å². The minimum atomic E-state index is -0.828. The normalized spacial score (nSPS) is 25.5. The number of amides is 4. The monoisotopic (exact) mass is 498 g/mol. The molecule has 8 nitrogen and oxygen atoms in total. The van der Waals surface area contributed by atoms with Crippen molar-refractivity contribution in [3.05, 3.63) is 29.8 Å². The number of hydrogen-bond donors (Lipinski definition) is 1. The van der Waals surface area contributed by atoms with Gasteiger partial charge in [0.15, 0.2) is 0 Å². The van der Waals surface area contributed by atoms with E-state index in [1.54, 1.807) is 7.11 Å². The van der Waals surface area contributed by atoms with Crippen molar-refractivity contribution in [1.29, 1.82) is 0 Å². The Morgan fingerprint density at radius 1 is 1.11 bits per heavy atom. The van der Waals surface area contributed by atoms with Crippen LogP contribution in [-0.2, 0) is 16.0 Å². The van der Waals surface area contributed by atoms with E-state index < -0.39 is 5.54 Å². The van der Waals surface area contributed by atoms with E-state index in [0.29, 0.717) is 44.9 Å². The molecule has 3 aliphatic rings. The van der Waals surface area contributed by atoms with E-state index in [4.69, 9.17) is 4.74 Å². The first-order valence-electron chi connectivity index (χ1n) is 13.6. The topological polar surface area (TPSA) is 82.2 Å². The fraction of sp³-hybridized carbons (Fsp3) is 0.679. The van der Waals surface area contributed by atoms with Gasteiger partial charge in [0, 0.05) is 32.1 Å². The van der Waals surface area contributed by atoms with Crippen LogP contribution in [0, 0.1) is 5.92 Å². The van der Waals surface area contributed by atoms with Gasteiger partial charge in [-0.1, -0.05) is 25.5 Å². The molecule has 3 heterocycles. The average Bonchev–Trinajstić information content (AvgIpc) is 3.41. The number of piperidine rings is 1. The summed E-state index contributed by atoms with van der Waals surface area (Å²) in [5.74, 6) is 0.960. The highest BCUT2D eigenvalue weighted by atomic mass is 16.5. The van der Waals surface area contributed by atoms with Gasteiger partial charge in [-0.25, -0.2) is 4.79 Å². The summed E-state index contributed by atoms with van der Waals surface area (Å²) in [7, 11) is 3.76. The van der Waals surface area contributed by atoms with Crippen LogP contribution in [0.1, 0.15) is 63.9 Å². The van der Waals surface area contributed by atoms with Gasteiger partial charge in [0.05, 0.1) is 7.11 Å². The van der Waals surface area contributed by atoms with Crippen LogP contribution in [0.3, 0.4) is 0 Å². The zero-order chi connectivity index (χ0) is 25.7. The summed E-state index contributed by atoms with van der Waals surface area (Å²) < 4.78 is 5.20. The van der Waals surface area contributed by atoms with Gasteiger partial charge in [-0.3, -0.25) is 14.5 Å². The molecular formula is C28H42N4O4. The van der Waals surface area contributed by atoms with Gasteiger partial charge in [0.2, 0.25) is 5.91 Å². The lowest BCUT2D eigenvalue weighted by molar-refractivity contribution is -0.136. The Bertz CT molecular complexity index is 928. The lowest BCUT2D eigenvalue weighted by Gasteiger charge is -2.41. The van der Waals surface area contributed by atoms with Crippen molar-refractivity contribution in [2.24, 2.45) is 5.92 Å². The number of likely N-dealkylation sites (tertiary alicyclic amines) is 2. The molecule has 8 heteroatoms. The van der Waals surface area contributed by atoms with Gasteiger partial charge in [0.1, 0.15) is 11.3 Å². The van der Waals surface area contributed by atoms with Crippen LogP contribution in [0.2, 0.25) is 0 Å². The Balaban J connectivity index is 1.32. The standard InChI is InChI=1S/C28H42N4O4/c1-4-16-28(26(34)32(27(35)29-28)20-15-23-6-5-17-30(23)2)22-13-18-31(19-14-22)25(33)12-9-21-7-10-24(36-3)11-8-21/h7-8,10-11,22-23H,4-6,9,12-20H2,1-3H3,(H,29,35)/t23-,28+/m0/s1. The summed E-state index contributed by atoms with van der Waals surface area (Å²) in [6.07, 6.45) is 7.25. The maximum Gasteiger partial charge on any atom is 0.325 e. The first kappa shape index (κ1) is 26.5. The van der Waals surface area contributed by atoms with Crippen LogP contribution < -0.4 is 10.1 Å². The van der Waals surface area contributed by atoms with Crippen molar-refractivity contribution >= 4 is 17.8 Å². The van der Waals surface area contributed by atoms with Crippen LogP contribution >= 0.6 is 0 Å². The number of ether oxygens (including phenoxy) is 1. The largest absolute Gasteiger partial charge is 0.497 e. The van der Waals surface area contributed by atoms with Crippen molar-refractivity contribution in [2.75, 3.05) is 40.3 Å². The molecule has 36 heavy (non-hydrogen) atoms. The van der Waals surface area contributed by atoms with E-state index in [-0.39, 0.29) is 23.8 Å². The molecule has 4 amide bonds. The lowest BCUT2D eigenvalue weighted by atomic mass is 9.74. The fourth-order valence-electron chi connectivity index (χ4n) is 6.34. The summed E-state index contributed by atoms with van der Waals surface area (Å²) in [5.41, 5.74) is 0.287. The van der Waals surface area contributed by atoms with Gasteiger partial charge < -0.3 is 19.9 Å². The Labute approximate surface area is 215 Å². The van der Waals surface area contributed by atoms with Crippen molar-refractivity contribution in [3.8, 4) is 5.75 Å². The molecule has 1 aromatic carbocycles. The molecule has 1 aromatic rings. The number of carbonyl (C=O) groups excluding carboxylic acids is 3. The van der Waals surface area contributed by atoms with Crippen LogP contribution in [0.5, 0.6) is 5.75 Å². The summed E-state index contributed by atoms with van der Waals surface area (Å²) in [4.78, 5) is 45.2. The smallest absolute Gasteiger partial charge is 0.325 e. The maximum atomic E-state index is 13.7. The van der Waals surface area contributed by atoms with E-state index in [1.807, 2.05) is 29.2 Å². The van der Waals surface area contributed by atoms with Gasteiger partial charge in [-0.05, 0) is 82.2 Å². The van der Waals surface area contributed by atoms with Crippen LogP contribution in [0.25, 0.3) is 0 Å². The molecule has 1 N–H and O–H groups in total. The van der Waals surface area contributed by atoms with Gasteiger partial charge >= 0.3 is 6.03 Å². The molecule has 0 spiro atoms. The highest BCUT2D eigenvalue weighted by Crippen LogP contribution is 2.37. The number of nitrogens with zero attached hydrogens (tertiary/aromatic N) is 3. The molecule has 3 saturated heterocycles. The summed E-state index contributed by atoms with van der Waals surface area (Å²) in [5, 5.41) is 3.13. The third kappa shape index (κ3) is 5.53. The minimum absolute atomic E-state index is 0.0543. The molecule has 0 radical (unpaired) electrons. The highest BCUT2D eigenvalue weighted by molar-refractivity contribution is 6.07. The number of imide groups is 1. The quantitative estimate of drug-likeness (QED) is 0.500. The van der Waals surface area contributed by atoms with Crippen molar-refractivity contribution in [1.82, 2.24) is 20.0 Å². The first-order chi connectivity index (χ1) is 17.4. The minimum Gasteiger partial charge on any atom is -0.497 e. The van der Waals surface area contributed by atoms with Crippen molar-refractivity contribution in [3.63, 3.8) is 0 Å². The van der Waals surface area contributed by atoms with E-state index in [2.05, 4.69) is 24.2 Å². The van der Waals surface area contributed by atoms with Crippen molar-refractivity contribution in [2.45, 2.75) is 76.3 Å². The van der Waals surface area contributed by atoms with Crippen LogP contribution in [-0.4, -0.2) is 84.5 Å². The number of methoxy groups -OCH3 is 1. The molecule has 0 saturated carbocycles. The molecule has 0 aromatic heterocycles. The second kappa shape index (κ2) is 11.6. The molecule has 0 bridgehead atoms. The predicted molar refractivity (Wildman–Crippen MR) is 139 cm³/mol. The molecular weight excluding hydrogens is 456 g/mol. The number of urea groups is 1. The van der Waals surface area contributed by atoms with Gasteiger partial charge in [-0.2, -0.15) is 0 Å². The second-order valence-corrected chi connectivity index (χ2v) is 10.7. The van der Waals surface area contributed by atoms with Crippen LogP contribution in [0.15, 0.2) is 24.3 Å². The maximum absolute atomic E-state index is 13.7. The molecule has 198 valence electrons. The SMILES string of the molecule is CCC[C@]1(C2CCN(C(=O)CCc3ccc(OC)cc3)CC2)NC(=O)N(CC[C@@H]2CCCN2C)C1=O. The van der Waals surface area contributed by atoms with Gasteiger partial charge in [-0.15, -0.1) is 0 Å². The lowest BCUT2D eigenvalue weighted by Crippen LogP contribution is -2.56. The summed E-state index contributed by atoms with van der Waals surface area (Å²) in [6, 6.07) is 8.03. The number of rotatable bonds is 10. The van der Waals surface area contributed by atoms with E-state index in [9.17, 15) is 14.4 Å². The third-order valence-corrected chi connectivity index (χ3v) is 8.53. The average molecular weight is 499 g/mol. The number of carbonyl (C=O) groups is 3. The van der Waals surface area contributed by atoms with E-state index in [0.717, 1.165) is 50.0 Å². The molecule has 3 fully saturated rings. The Morgan fingerprint density at radius 3 is 2.44 bits per heavy atom. The number of nitrogens with one attached hydrogen (secondary N) is 1. The molecule has 2 atom stereocenters. The van der Waals surface area contributed by atoms with Crippen LogP contribution in [0.4, 0.5) is 4.79 Å². The number of benzene rings is 1. The zero-order valence-electron chi connectivity index (χ0n) is 22.1. The predicted octanol–water partition coefficient (Wildman–Crippen LogP) is 3.44. The number of hydrogen-bond acceptors (Lipinski definition) is 5. The Hall–Kier alpha value is -2.61. The Kier molecular flexibility index (Phi) is 8.54. The molecule has 3 aliphatic heterocycles. The van der Waals surface area contributed by atoms with E-state index in [1.165, 1.54) is 11.3 Å². The molecule has 4 rings (SSSR count). The second-order valence-electron chi connectivity index (χ2n) is 10.7. The number of aryl methyl sites for hydroxylation is 1. The first-order valence-corrected chi connectivity index (χ1v) is 13.6. The van der Waals surface area contributed by atoms with Gasteiger partial charge in [0.25, 0.3) is 5.91 Å². The fourth-order valence-corrected chi connectivity index (χ4v) is 6.34. The Morgan fingerprint density at radius 2 is 1.83 bits per heavy atom. The van der Waals surface area contributed by atoms with E-state index >= 15 is 0 Å².